The first-order valence-corrected chi connectivity index (χ1v) is 8.55. The van der Waals surface area contributed by atoms with Gasteiger partial charge in [-0.3, -0.25) is 4.79 Å². The summed E-state index contributed by atoms with van der Waals surface area (Å²) < 4.78 is 14.5. The first kappa shape index (κ1) is 16.6. The van der Waals surface area contributed by atoms with Crippen molar-refractivity contribution in [2.75, 3.05) is 7.05 Å². The predicted octanol–water partition coefficient (Wildman–Crippen LogP) is 2.84. The van der Waals surface area contributed by atoms with Crippen LogP contribution in [0.4, 0.5) is 0 Å². The Balaban J connectivity index is 2.24. The number of nitrogens with two attached hydrogens (primary N) is 1. The number of hydrogen-bond acceptors (Lipinski definition) is 2. The number of carbonyl (C=O) groups excluding carboxylic acids is 1. The maximum absolute atomic E-state index is 12.8. The highest BCUT2D eigenvalue weighted by Crippen LogP contribution is 2.21. The number of hydrogen-bond donors (Lipinski definition) is 1. The maximum atomic E-state index is 12.8. The molecule has 0 aliphatic heterocycles. The Morgan fingerprint density at radius 1 is 1.23 bits per heavy atom. The van der Waals surface area contributed by atoms with Crippen LogP contribution in [0.1, 0.15) is 26.2 Å². The highest BCUT2D eigenvalue weighted by Gasteiger charge is 2.22. The summed E-state index contributed by atoms with van der Waals surface area (Å²) in [6, 6.07) is 13.7. The van der Waals surface area contributed by atoms with E-state index in [0.717, 1.165) is 28.5 Å². The Morgan fingerprint density at radius 2 is 1.91 bits per heavy atom. The number of fused-ring (bicyclic) bond motifs is 1. The summed E-state index contributed by atoms with van der Waals surface area (Å²) in [5.41, 5.74) is 5.31. The zero-order chi connectivity index (χ0) is 16.1. The molecule has 1 amide bonds. The lowest BCUT2D eigenvalue weighted by Crippen LogP contribution is -2.36. The van der Waals surface area contributed by atoms with Gasteiger partial charge in [0.05, 0.1) is 4.90 Å². The standard InChI is InChI=1S/C17H22N2O2S/c1-3-6-15(12-17(18)20)19(2)22(21)16-10-9-13-7-4-5-8-14(13)11-16/h4-5,7-11,15H,3,6,12H2,1-2H3,(H2,18,20). The molecule has 0 aliphatic carbocycles. The maximum Gasteiger partial charge on any atom is 0.219 e. The minimum atomic E-state index is -1.31. The summed E-state index contributed by atoms with van der Waals surface area (Å²) in [6.45, 7) is 2.04. The molecule has 2 atom stereocenters. The van der Waals surface area contributed by atoms with Gasteiger partial charge < -0.3 is 5.73 Å². The van der Waals surface area contributed by atoms with Crippen LogP contribution in [0.25, 0.3) is 10.8 Å². The van der Waals surface area contributed by atoms with E-state index in [4.69, 9.17) is 5.73 Å². The fourth-order valence-corrected chi connectivity index (χ4v) is 3.75. The molecule has 0 spiro atoms. The highest BCUT2D eigenvalue weighted by atomic mass is 32.2. The molecule has 2 aromatic carbocycles. The molecule has 4 nitrogen and oxygen atoms in total. The molecule has 118 valence electrons. The third-order valence-electron chi connectivity index (χ3n) is 3.76. The fourth-order valence-electron chi connectivity index (χ4n) is 2.56. The number of rotatable bonds is 7. The first-order valence-electron chi connectivity index (χ1n) is 7.44. The van der Waals surface area contributed by atoms with E-state index >= 15 is 0 Å². The van der Waals surface area contributed by atoms with Gasteiger partial charge in [-0.2, -0.15) is 0 Å². The average Bonchev–Trinajstić information content (AvgIpc) is 2.52. The fraction of sp³-hybridized carbons (Fsp3) is 0.353. The third-order valence-corrected chi connectivity index (χ3v) is 5.24. The van der Waals surface area contributed by atoms with Crippen LogP contribution in [0.5, 0.6) is 0 Å². The van der Waals surface area contributed by atoms with Gasteiger partial charge in [-0.15, -0.1) is 0 Å². The lowest BCUT2D eigenvalue weighted by molar-refractivity contribution is -0.118. The van der Waals surface area contributed by atoms with Gasteiger partial charge in [-0.05, 0) is 29.3 Å². The molecule has 0 aromatic heterocycles. The predicted molar refractivity (Wildman–Crippen MR) is 90.6 cm³/mol. The normalized spacial score (nSPS) is 14.1. The summed E-state index contributed by atoms with van der Waals surface area (Å²) in [6.07, 6.45) is 1.93. The third kappa shape index (κ3) is 3.93. The molecule has 0 saturated heterocycles. The molecule has 5 heteroatoms. The van der Waals surface area contributed by atoms with Crippen molar-refractivity contribution in [1.29, 1.82) is 0 Å². The molecule has 0 aliphatic rings. The van der Waals surface area contributed by atoms with Gasteiger partial charge in [-0.25, -0.2) is 8.51 Å². The Bertz CT molecular complexity index is 687. The highest BCUT2D eigenvalue weighted by molar-refractivity contribution is 7.82. The van der Waals surface area contributed by atoms with Crippen LogP contribution in [0.15, 0.2) is 47.4 Å². The molecular weight excluding hydrogens is 296 g/mol. The van der Waals surface area contributed by atoms with Crippen molar-refractivity contribution in [1.82, 2.24) is 4.31 Å². The average molecular weight is 318 g/mol. The first-order chi connectivity index (χ1) is 10.5. The van der Waals surface area contributed by atoms with Crippen LogP contribution < -0.4 is 5.73 Å². The zero-order valence-corrected chi connectivity index (χ0v) is 13.8. The van der Waals surface area contributed by atoms with Crippen LogP contribution in [-0.2, 0) is 15.8 Å². The number of nitrogens with zero attached hydrogens (tertiary/aromatic N) is 1. The van der Waals surface area contributed by atoms with Crippen molar-refractivity contribution in [2.24, 2.45) is 5.73 Å². The second-order valence-electron chi connectivity index (χ2n) is 5.42. The number of carbonyl (C=O) groups is 1. The molecular formula is C17H22N2O2S. The summed E-state index contributed by atoms with van der Waals surface area (Å²) >= 11 is 0. The SMILES string of the molecule is CCCC(CC(N)=O)N(C)S(=O)c1ccc2ccccc2c1. The second kappa shape index (κ2) is 7.51. The van der Waals surface area contributed by atoms with Crippen molar-refractivity contribution < 1.29 is 9.00 Å². The van der Waals surface area contributed by atoms with Crippen LogP contribution in [-0.4, -0.2) is 27.5 Å². The molecule has 2 unspecified atom stereocenters. The quantitative estimate of drug-likeness (QED) is 0.853. The molecule has 0 fully saturated rings. The van der Waals surface area contributed by atoms with Gasteiger partial charge in [0, 0.05) is 19.5 Å². The van der Waals surface area contributed by atoms with Gasteiger partial charge in [0.1, 0.15) is 11.0 Å². The molecule has 2 N–H and O–H groups in total. The van der Waals surface area contributed by atoms with Crippen molar-refractivity contribution in [3.05, 3.63) is 42.5 Å². The van der Waals surface area contributed by atoms with E-state index in [0.29, 0.717) is 0 Å². The second-order valence-corrected chi connectivity index (χ2v) is 6.96. The van der Waals surface area contributed by atoms with Crippen molar-refractivity contribution in [3.63, 3.8) is 0 Å². The molecule has 0 heterocycles. The van der Waals surface area contributed by atoms with Crippen LogP contribution >= 0.6 is 0 Å². The van der Waals surface area contributed by atoms with Gasteiger partial charge >= 0.3 is 0 Å². The van der Waals surface area contributed by atoms with Gasteiger partial charge in [-0.1, -0.05) is 43.7 Å². The largest absolute Gasteiger partial charge is 0.370 e. The molecule has 2 aromatic rings. The number of benzene rings is 2. The summed E-state index contributed by atoms with van der Waals surface area (Å²) in [4.78, 5) is 12.0. The Labute approximate surface area is 133 Å². The molecule has 22 heavy (non-hydrogen) atoms. The molecule has 0 saturated carbocycles. The molecule has 0 radical (unpaired) electrons. The van der Waals surface area contributed by atoms with Crippen LogP contribution in [0.2, 0.25) is 0 Å². The van der Waals surface area contributed by atoms with Crippen LogP contribution in [0, 0.1) is 0 Å². The Morgan fingerprint density at radius 3 is 2.55 bits per heavy atom. The lowest BCUT2D eigenvalue weighted by atomic mass is 10.1. The van der Waals surface area contributed by atoms with Crippen molar-refractivity contribution >= 4 is 27.7 Å². The van der Waals surface area contributed by atoms with Crippen LogP contribution in [0.3, 0.4) is 0 Å². The molecule has 0 bridgehead atoms. The lowest BCUT2D eigenvalue weighted by Gasteiger charge is -2.25. The Kier molecular flexibility index (Phi) is 5.69. The Hall–Kier alpha value is -1.72. The van der Waals surface area contributed by atoms with E-state index in [1.165, 1.54) is 0 Å². The monoisotopic (exact) mass is 318 g/mol. The van der Waals surface area contributed by atoms with E-state index in [-0.39, 0.29) is 18.4 Å². The smallest absolute Gasteiger partial charge is 0.219 e. The van der Waals surface area contributed by atoms with Crippen molar-refractivity contribution in [3.8, 4) is 0 Å². The summed E-state index contributed by atoms with van der Waals surface area (Å²) in [5.74, 6) is -0.360. The van der Waals surface area contributed by atoms with E-state index in [2.05, 4.69) is 0 Å². The summed E-state index contributed by atoms with van der Waals surface area (Å²) in [5, 5.41) is 2.18. The van der Waals surface area contributed by atoms with Gasteiger partial charge in [0.25, 0.3) is 0 Å². The minimum Gasteiger partial charge on any atom is -0.370 e. The topological polar surface area (TPSA) is 63.4 Å². The minimum absolute atomic E-state index is 0.102. The van der Waals surface area contributed by atoms with E-state index in [9.17, 15) is 9.00 Å². The molecule has 2 rings (SSSR count). The van der Waals surface area contributed by atoms with Gasteiger partial charge in [0.2, 0.25) is 5.91 Å². The van der Waals surface area contributed by atoms with E-state index < -0.39 is 11.0 Å². The van der Waals surface area contributed by atoms with E-state index in [1.807, 2.05) is 49.4 Å². The zero-order valence-electron chi connectivity index (χ0n) is 13.0. The summed E-state index contributed by atoms with van der Waals surface area (Å²) in [7, 11) is 0.480. The number of primary amides is 1. The van der Waals surface area contributed by atoms with Gasteiger partial charge in [0.15, 0.2) is 0 Å². The van der Waals surface area contributed by atoms with Crippen molar-refractivity contribution in [2.45, 2.75) is 37.1 Å². The van der Waals surface area contributed by atoms with E-state index in [1.54, 1.807) is 11.4 Å². The number of amides is 1.